The van der Waals surface area contributed by atoms with E-state index in [0.29, 0.717) is 42.6 Å². The number of amides is 1. The molecule has 1 aliphatic heterocycles. The summed E-state index contributed by atoms with van der Waals surface area (Å²) in [5, 5.41) is 3.22. The number of hydrogen-bond donors (Lipinski definition) is 1. The van der Waals surface area contributed by atoms with Crippen LogP contribution in [-0.2, 0) is 21.2 Å². The standard InChI is InChI=1S/C23H24N4O5S/c1-31-18-6-9-21(24-13-18)26-17-5-8-20(16(12-17)15-27-11-3-4-23(27)28)32-19-7-10-22(25-14-19)33(2,29)30/h5-10,12-14H,3-4,11,15H2,1-2H3,(H,24,26). The van der Waals surface area contributed by atoms with Crippen LogP contribution in [0.5, 0.6) is 17.2 Å². The number of aromatic nitrogens is 2. The lowest BCUT2D eigenvalue weighted by Gasteiger charge is -2.19. The van der Waals surface area contributed by atoms with E-state index in [2.05, 4.69) is 15.3 Å². The second-order valence-corrected chi connectivity index (χ2v) is 9.62. The first-order valence-electron chi connectivity index (χ1n) is 10.3. The largest absolute Gasteiger partial charge is 0.495 e. The molecular formula is C23H24N4O5S. The van der Waals surface area contributed by atoms with Gasteiger partial charge in [0, 0.05) is 37.0 Å². The molecule has 0 radical (unpaired) electrons. The van der Waals surface area contributed by atoms with Crippen molar-refractivity contribution in [3.8, 4) is 17.2 Å². The van der Waals surface area contributed by atoms with Gasteiger partial charge in [-0.3, -0.25) is 4.79 Å². The molecule has 9 nitrogen and oxygen atoms in total. The molecule has 172 valence electrons. The molecule has 0 unspecified atom stereocenters. The number of sulfone groups is 1. The van der Waals surface area contributed by atoms with Gasteiger partial charge in [-0.05, 0) is 48.9 Å². The zero-order valence-corrected chi connectivity index (χ0v) is 19.1. The Morgan fingerprint density at radius 1 is 1.06 bits per heavy atom. The van der Waals surface area contributed by atoms with Gasteiger partial charge in [-0.2, -0.15) is 0 Å². The highest BCUT2D eigenvalue weighted by Crippen LogP contribution is 2.31. The third kappa shape index (κ3) is 5.58. The molecule has 3 aromatic rings. The molecule has 1 fully saturated rings. The molecular weight excluding hydrogens is 444 g/mol. The lowest BCUT2D eigenvalue weighted by molar-refractivity contribution is -0.128. The highest BCUT2D eigenvalue weighted by molar-refractivity contribution is 7.90. The fourth-order valence-electron chi connectivity index (χ4n) is 3.45. The maximum absolute atomic E-state index is 12.2. The molecule has 0 saturated carbocycles. The number of nitrogens with zero attached hydrogens (tertiary/aromatic N) is 3. The number of ether oxygens (including phenoxy) is 2. The molecule has 1 amide bonds. The Kier molecular flexibility index (Phi) is 6.45. The van der Waals surface area contributed by atoms with Crippen LogP contribution in [0.4, 0.5) is 11.5 Å². The number of likely N-dealkylation sites (tertiary alicyclic amines) is 1. The molecule has 0 bridgehead atoms. The number of anilines is 2. The van der Waals surface area contributed by atoms with E-state index in [1.807, 2.05) is 24.3 Å². The minimum Gasteiger partial charge on any atom is -0.495 e. The van der Waals surface area contributed by atoms with Gasteiger partial charge in [0.15, 0.2) is 14.9 Å². The van der Waals surface area contributed by atoms with Crippen molar-refractivity contribution in [3.05, 3.63) is 60.4 Å². The van der Waals surface area contributed by atoms with E-state index in [1.165, 1.54) is 12.3 Å². The first kappa shape index (κ1) is 22.5. The first-order chi connectivity index (χ1) is 15.8. The van der Waals surface area contributed by atoms with Crippen LogP contribution in [0.25, 0.3) is 0 Å². The normalized spacial score (nSPS) is 13.8. The van der Waals surface area contributed by atoms with Crippen molar-refractivity contribution in [1.29, 1.82) is 0 Å². The predicted molar refractivity (Wildman–Crippen MR) is 123 cm³/mol. The average Bonchev–Trinajstić information content (AvgIpc) is 3.20. The topological polar surface area (TPSA) is 111 Å². The SMILES string of the molecule is COc1ccc(Nc2ccc(Oc3ccc(S(C)(=O)=O)nc3)c(CN3CCCC3=O)c2)nc1. The van der Waals surface area contributed by atoms with E-state index in [0.717, 1.165) is 23.9 Å². The smallest absolute Gasteiger partial charge is 0.222 e. The molecule has 0 aliphatic carbocycles. The van der Waals surface area contributed by atoms with Crippen LogP contribution in [0.1, 0.15) is 18.4 Å². The summed E-state index contributed by atoms with van der Waals surface area (Å²) in [5.41, 5.74) is 1.59. The van der Waals surface area contributed by atoms with Gasteiger partial charge in [0.25, 0.3) is 0 Å². The Morgan fingerprint density at radius 2 is 1.85 bits per heavy atom. The number of methoxy groups -OCH3 is 1. The summed E-state index contributed by atoms with van der Waals surface area (Å²) in [6, 6.07) is 12.1. The van der Waals surface area contributed by atoms with Crippen molar-refractivity contribution in [2.45, 2.75) is 24.4 Å². The maximum Gasteiger partial charge on any atom is 0.222 e. The summed E-state index contributed by atoms with van der Waals surface area (Å²) in [6.07, 6.45) is 5.47. The van der Waals surface area contributed by atoms with Crippen molar-refractivity contribution < 1.29 is 22.7 Å². The highest BCUT2D eigenvalue weighted by Gasteiger charge is 2.22. The second kappa shape index (κ2) is 9.45. The van der Waals surface area contributed by atoms with Gasteiger partial charge in [-0.1, -0.05) is 0 Å². The molecule has 3 heterocycles. The van der Waals surface area contributed by atoms with Crippen molar-refractivity contribution in [2.75, 3.05) is 25.2 Å². The number of rotatable bonds is 8. The third-order valence-corrected chi connectivity index (χ3v) is 6.16. The number of hydrogen-bond acceptors (Lipinski definition) is 8. The van der Waals surface area contributed by atoms with Crippen LogP contribution in [0.15, 0.2) is 59.9 Å². The fourth-order valence-corrected chi connectivity index (χ4v) is 4.01. The van der Waals surface area contributed by atoms with Crippen molar-refractivity contribution in [3.63, 3.8) is 0 Å². The van der Waals surface area contributed by atoms with Crippen LogP contribution in [0, 0.1) is 0 Å². The molecule has 10 heteroatoms. The molecule has 1 aliphatic rings. The highest BCUT2D eigenvalue weighted by atomic mass is 32.2. The summed E-state index contributed by atoms with van der Waals surface area (Å²) in [7, 11) is -1.81. The number of pyridine rings is 2. The van der Waals surface area contributed by atoms with E-state index < -0.39 is 9.84 Å². The Hall–Kier alpha value is -3.66. The second-order valence-electron chi connectivity index (χ2n) is 7.66. The van der Waals surface area contributed by atoms with Crippen molar-refractivity contribution in [1.82, 2.24) is 14.9 Å². The summed E-state index contributed by atoms with van der Waals surface area (Å²) in [4.78, 5) is 22.3. The lowest BCUT2D eigenvalue weighted by Crippen LogP contribution is -2.24. The van der Waals surface area contributed by atoms with E-state index in [-0.39, 0.29) is 10.9 Å². The average molecular weight is 469 g/mol. The zero-order valence-electron chi connectivity index (χ0n) is 18.3. The van der Waals surface area contributed by atoms with Gasteiger partial charge in [0.1, 0.15) is 23.1 Å². The Labute approximate surface area is 192 Å². The Balaban J connectivity index is 1.59. The molecule has 0 atom stereocenters. The minimum atomic E-state index is -3.40. The zero-order chi connectivity index (χ0) is 23.4. The molecule has 1 saturated heterocycles. The molecule has 1 aromatic carbocycles. The van der Waals surface area contributed by atoms with Crippen LogP contribution in [0.3, 0.4) is 0 Å². The van der Waals surface area contributed by atoms with Crippen molar-refractivity contribution in [2.24, 2.45) is 0 Å². The van der Waals surface area contributed by atoms with E-state index in [1.54, 1.807) is 30.3 Å². The van der Waals surface area contributed by atoms with Gasteiger partial charge in [-0.25, -0.2) is 18.4 Å². The van der Waals surface area contributed by atoms with E-state index in [4.69, 9.17) is 9.47 Å². The first-order valence-corrected chi connectivity index (χ1v) is 12.2. The van der Waals surface area contributed by atoms with Crippen LogP contribution in [0.2, 0.25) is 0 Å². The quantitative estimate of drug-likeness (QED) is 0.534. The maximum atomic E-state index is 12.2. The predicted octanol–water partition coefficient (Wildman–Crippen LogP) is 3.55. The number of nitrogens with one attached hydrogen (secondary N) is 1. The van der Waals surface area contributed by atoms with Gasteiger partial charge < -0.3 is 19.7 Å². The molecule has 4 rings (SSSR count). The van der Waals surface area contributed by atoms with Gasteiger partial charge in [-0.15, -0.1) is 0 Å². The Bertz CT molecular complexity index is 1240. The summed E-state index contributed by atoms with van der Waals surface area (Å²) in [6.45, 7) is 1.09. The van der Waals surface area contributed by atoms with Crippen LogP contribution >= 0.6 is 0 Å². The van der Waals surface area contributed by atoms with Gasteiger partial charge in [0.2, 0.25) is 5.91 Å². The summed E-state index contributed by atoms with van der Waals surface area (Å²) >= 11 is 0. The molecule has 0 spiro atoms. The molecule has 2 aromatic heterocycles. The summed E-state index contributed by atoms with van der Waals surface area (Å²) < 4.78 is 34.4. The number of carbonyl (C=O) groups is 1. The Morgan fingerprint density at radius 3 is 2.45 bits per heavy atom. The van der Waals surface area contributed by atoms with E-state index in [9.17, 15) is 13.2 Å². The van der Waals surface area contributed by atoms with Crippen LogP contribution in [-0.4, -0.2) is 49.1 Å². The lowest BCUT2D eigenvalue weighted by atomic mass is 10.1. The van der Waals surface area contributed by atoms with Gasteiger partial charge >= 0.3 is 0 Å². The van der Waals surface area contributed by atoms with Crippen molar-refractivity contribution >= 4 is 27.2 Å². The molecule has 33 heavy (non-hydrogen) atoms. The van der Waals surface area contributed by atoms with Crippen LogP contribution < -0.4 is 14.8 Å². The number of benzene rings is 1. The third-order valence-electron chi connectivity index (χ3n) is 5.15. The van der Waals surface area contributed by atoms with E-state index >= 15 is 0 Å². The monoisotopic (exact) mass is 468 g/mol. The fraction of sp³-hybridized carbons (Fsp3) is 0.261. The van der Waals surface area contributed by atoms with Gasteiger partial charge in [0.05, 0.1) is 19.5 Å². The summed E-state index contributed by atoms with van der Waals surface area (Å²) in [5.74, 6) is 2.36. The molecule has 1 N–H and O–H groups in total. The minimum absolute atomic E-state index is 0.0238. The number of carbonyl (C=O) groups excluding carboxylic acids is 1.